The standard InChI is InChI=1S/C15H14Cl2N4O2/c1-23-11-4-2-3-10(5-11)19-9-15(22)21-20-6-12-13(16)7-18-8-14(12)17/h2-8,19H,9H2,1H3,(H,21,22). The van der Waals surface area contributed by atoms with Crippen LogP contribution in [0.4, 0.5) is 5.69 Å². The highest BCUT2D eigenvalue weighted by molar-refractivity contribution is 6.38. The largest absolute Gasteiger partial charge is 0.497 e. The highest BCUT2D eigenvalue weighted by atomic mass is 35.5. The van der Waals surface area contributed by atoms with Gasteiger partial charge >= 0.3 is 0 Å². The molecule has 1 aromatic heterocycles. The van der Waals surface area contributed by atoms with E-state index in [0.29, 0.717) is 21.4 Å². The third kappa shape index (κ3) is 5.12. The van der Waals surface area contributed by atoms with Gasteiger partial charge in [-0.25, -0.2) is 5.43 Å². The van der Waals surface area contributed by atoms with Gasteiger partial charge in [0.05, 0.1) is 29.9 Å². The lowest BCUT2D eigenvalue weighted by molar-refractivity contribution is -0.119. The lowest BCUT2D eigenvalue weighted by Crippen LogP contribution is -2.25. The Morgan fingerprint density at radius 1 is 1.35 bits per heavy atom. The number of benzene rings is 1. The number of ether oxygens (including phenoxy) is 1. The van der Waals surface area contributed by atoms with Gasteiger partial charge in [-0.15, -0.1) is 0 Å². The summed E-state index contributed by atoms with van der Waals surface area (Å²) in [5, 5.41) is 7.49. The zero-order chi connectivity index (χ0) is 16.7. The van der Waals surface area contributed by atoms with Crippen molar-refractivity contribution in [1.29, 1.82) is 0 Å². The quantitative estimate of drug-likeness (QED) is 0.619. The summed E-state index contributed by atoms with van der Waals surface area (Å²) in [5.74, 6) is 0.390. The average molecular weight is 353 g/mol. The number of carbonyl (C=O) groups is 1. The minimum absolute atomic E-state index is 0.0579. The van der Waals surface area contributed by atoms with Crippen LogP contribution in [0.15, 0.2) is 41.8 Å². The van der Waals surface area contributed by atoms with Crippen molar-refractivity contribution in [3.8, 4) is 5.75 Å². The lowest BCUT2D eigenvalue weighted by atomic mass is 10.3. The number of halogens is 2. The number of carbonyl (C=O) groups excluding carboxylic acids is 1. The highest BCUT2D eigenvalue weighted by Gasteiger charge is 2.04. The fraction of sp³-hybridized carbons (Fsp3) is 0.133. The van der Waals surface area contributed by atoms with E-state index in [1.165, 1.54) is 18.6 Å². The summed E-state index contributed by atoms with van der Waals surface area (Å²) in [6.07, 6.45) is 4.26. The van der Waals surface area contributed by atoms with Gasteiger partial charge in [0.2, 0.25) is 0 Å². The maximum Gasteiger partial charge on any atom is 0.259 e. The lowest BCUT2D eigenvalue weighted by Gasteiger charge is -2.07. The van der Waals surface area contributed by atoms with E-state index in [4.69, 9.17) is 27.9 Å². The summed E-state index contributed by atoms with van der Waals surface area (Å²) in [5.41, 5.74) is 3.64. The van der Waals surface area contributed by atoms with Gasteiger partial charge in [-0.1, -0.05) is 29.3 Å². The van der Waals surface area contributed by atoms with Crippen LogP contribution in [0, 0.1) is 0 Å². The maximum absolute atomic E-state index is 11.7. The van der Waals surface area contributed by atoms with Crippen molar-refractivity contribution in [3.63, 3.8) is 0 Å². The first kappa shape index (κ1) is 17.1. The second-order valence-electron chi connectivity index (χ2n) is 4.40. The third-order valence-electron chi connectivity index (χ3n) is 2.80. The smallest absolute Gasteiger partial charge is 0.259 e. The molecule has 0 aliphatic carbocycles. The van der Waals surface area contributed by atoms with Crippen LogP contribution in [-0.4, -0.2) is 30.8 Å². The number of pyridine rings is 1. The number of nitrogens with one attached hydrogen (secondary N) is 2. The van der Waals surface area contributed by atoms with Crippen molar-refractivity contribution in [2.24, 2.45) is 5.10 Å². The van der Waals surface area contributed by atoms with E-state index in [-0.39, 0.29) is 12.5 Å². The summed E-state index contributed by atoms with van der Waals surface area (Å²) in [4.78, 5) is 15.6. The Labute approximate surface area is 143 Å². The Bertz CT molecular complexity index is 702. The number of amides is 1. The summed E-state index contributed by atoms with van der Waals surface area (Å²) in [6.45, 7) is 0.0579. The van der Waals surface area contributed by atoms with Gasteiger partial charge in [0.15, 0.2) is 0 Å². The van der Waals surface area contributed by atoms with E-state index >= 15 is 0 Å². The fourth-order valence-electron chi connectivity index (χ4n) is 1.67. The first-order valence-corrected chi connectivity index (χ1v) is 7.34. The molecule has 0 unspecified atom stereocenters. The van der Waals surface area contributed by atoms with Crippen molar-refractivity contribution in [2.75, 3.05) is 19.0 Å². The maximum atomic E-state index is 11.7. The number of hydrogen-bond acceptors (Lipinski definition) is 5. The second kappa shape index (κ2) is 8.36. The molecule has 0 fully saturated rings. The molecule has 0 bridgehead atoms. The van der Waals surface area contributed by atoms with Crippen molar-refractivity contribution in [3.05, 3.63) is 52.3 Å². The predicted molar refractivity (Wildman–Crippen MR) is 91.5 cm³/mol. The van der Waals surface area contributed by atoms with E-state index in [0.717, 1.165) is 5.69 Å². The molecule has 120 valence electrons. The molecule has 0 saturated heterocycles. The van der Waals surface area contributed by atoms with Crippen LogP contribution in [0.3, 0.4) is 0 Å². The Morgan fingerprint density at radius 3 is 2.78 bits per heavy atom. The fourth-order valence-corrected chi connectivity index (χ4v) is 2.13. The van der Waals surface area contributed by atoms with Crippen LogP contribution in [0.25, 0.3) is 0 Å². The van der Waals surface area contributed by atoms with Crippen LogP contribution in [-0.2, 0) is 4.79 Å². The first-order valence-electron chi connectivity index (χ1n) is 6.59. The van der Waals surface area contributed by atoms with Crippen molar-refractivity contribution < 1.29 is 9.53 Å². The van der Waals surface area contributed by atoms with Crippen LogP contribution in [0.2, 0.25) is 10.0 Å². The minimum atomic E-state index is -0.314. The number of rotatable bonds is 6. The number of nitrogens with zero attached hydrogens (tertiary/aromatic N) is 2. The molecule has 0 atom stereocenters. The zero-order valence-electron chi connectivity index (χ0n) is 12.2. The van der Waals surface area contributed by atoms with Gasteiger partial charge in [-0.3, -0.25) is 9.78 Å². The second-order valence-corrected chi connectivity index (χ2v) is 5.21. The van der Waals surface area contributed by atoms with Gasteiger partial charge in [0, 0.05) is 29.7 Å². The predicted octanol–water partition coefficient (Wildman–Crippen LogP) is 2.96. The monoisotopic (exact) mass is 352 g/mol. The topological polar surface area (TPSA) is 75.6 Å². The van der Waals surface area contributed by atoms with Crippen molar-refractivity contribution >= 4 is 41.0 Å². The molecule has 8 heteroatoms. The number of hydrogen-bond donors (Lipinski definition) is 2. The van der Waals surface area contributed by atoms with Crippen molar-refractivity contribution in [1.82, 2.24) is 10.4 Å². The van der Waals surface area contributed by atoms with E-state index in [9.17, 15) is 4.79 Å². The average Bonchev–Trinajstić information content (AvgIpc) is 2.56. The number of hydrazone groups is 1. The number of anilines is 1. The molecule has 0 aliphatic heterocycles. The van der Waals surface area contributed by atoms with Crippen LogP contribution < -0.4 is 15.5 Å². The van der Waals surface area contributed by atoms with Gasteiger partial charge in [0.25, 0.3) is 5.91 Å². The Kier molecular flexibility index (Phi) is 6.19. The Morgan fingerprint density at radius 2 is 2.09 bits per heavy atom. The van der Waals surface area contributed by atoms with E-state index in [2.05, 4.69) is 20.8 Å². The van der Waals surface area contributed by atoms with Crippen LogP contribution in [0.5, 0.6) is 5.75 Å². The van der Waals surface area contributed by atoms with E-state index in [1.54, 1.807) is 13.2 Å². The molecule has 0 aliphatic rings. The summed E-state index contributed by atoms with van der Waals surface area (Å²) in [7, 11) is 1.58. The van der Waals surface area contributed by atoms with E-state index in [1.807, 2.05) is 18.2 Å². The molecular formula is C15H14Cl2N4O2. The molecule has 1 heterocycles. The molecule has 2 aromatic rings. The summed E-state index contributed by atoms with van der Waals surface area (Å²) < 4.78 is 5.10. The normalized spacial score (nSPS) is 10.6. The molecule has 2 rings (SSSR count). The molecule has 1 aromatic carbocycles. The van der Waals surface area contributed by atoms with Gasteiger partial charge in [-0.05, 0) is 12.1 Å². The minimum Gasteiger partial charge on any atom is -0.497 e. The zero-order valence-corrected chi connectivity index (χ0v) is 13.7. The Hall–Kier alpha value is -2.31. The van der Waals surface area contributed by atoms with E-state index < -0.39 is 0 Å². The molecule has 2 N–H and O–H groups in total. The van der Waals surface area contributed by atoms with Crippen LogP contribution >= 0.6 is 23.2 Å². The van der Waals surface area contributed by atoms with Gasteiger partial charge < -0.3 is 10.1 Å². The number of methoxy groups -OCH3 is 1. The van der Waals surface area contributed by atoms with Crippen LogP contribution in [0.1, 0.15) is 5.56 Å². The molecular weight excluding hydrogens is 339 g/mol. The summed E-state index contributed by atoms with van der Waals surface area (Å²) >= 11 is 11.9. The molecule has 0 radical (unpaired) electrons. The molecule has 0 saturated carbocycles. The summed E-state index contributed by atoms with van der Waals surface area (Å²) in [6, 6.07) is 7.26. The van der Waals surface area contributed by atoms with Gasteiger partial charge in [0.1, 0.15) is 5.75 Å². The molecule has 1 amide bonds. The molecule has 0 spiro atoms. The number of aromatic nitrogens is 1. The SMILES string of the molecule is COc1cccc(NCC(=O)NN=Cc2c(Cl)cncc2Cl)c1. The Balaban J connectivity index is 1.86. The first-order chi connectivity index (χ1) is 11.1. The molecule has 23 heavy (non-hydrogen) atoms. The van der Waals surface area contributed by atoms with Gasteiger partial charge in [-0.2, -0.15) is 5.10 Å². The van der Waals surface area contributed by atoms with Crippen molar-refractivity contribution in [2.45, 2.75) is 0 Å². The highest BCUT2D eigenvalue weighted by Crippen LogP contribution is 2.20. The molecule has 6 nitrogen and oxygen atoms in total. The third-order valence-corrected chi connectivity index (χ3v) is 3.40.